The molecular weight excluding hydrogens is 621 g/mol. The Morgan fingerprint density at radius 2 is 1.77 bits per heavy atom. The molecule has 268 valence electrons. The standard InChI is InChI=1S/C39H62N4O4S/c1-10-27(5)33(19-18-32-13-11-12-20-42(32)8)38(45)43(9)35(25(2)3)22-28(6)37-41-34(24-48-37)36(44)40-31(21-29(7)39(46)47)23-30-16-14-26(4)15-17-30/h14-17,24-25,27-29,31-33,35H,10-13,18-23H2,1-9H3,(H,40,44)(H,46,47)/t27-,28+,29-,31+,32+,33-,35+/m0/s1. The first-order valence-corrected chi connectivity index (χ1v) is 19.1. The van der Waals surface area contributed by atoms with Gasteiger partial charge >= 0.3 is 5.97 Å². The summed E-state index contributed by atoms with van der Waals surface area (Å²) in [6.45, 7) is 15.8. The van der Waals surface area contributed by atoms with Gasteiger partial charge in [0, 0.05) is 42.4 Å². The lowest BCUT2D eigenvalue weighted by atomic mass is 9.83. The van der Waals surface area contributed by atoms with Crippen molar-refractivity contribution >= 4 is 29.1 Å². The zero-order valence-corrected chi connectivity index (χ0v) is 31.8. The van der Waals surface area contributed by atoms with Crippen LogP contribution in [0.1, 0.15) is 125 Å². The highest BCUT2D eigenvalue weighted by Crippen LogP contribution is 2.32. The lowest BCUT2D eigenvalue weighted by Crippen LogP contribution is -2.46. The number of aromatic nitrogens is 1. The van der Waals surface area contributed by atoms with Gasteiger partial charge in [-0.05, 0) is 82.9 Å². The third-order valence-electron chi connectivity index (χ3n) is 10.8. The van der Waals surface area contributed by atoms with Crippen LogP contribution < -0.4 is 5.32 Å². The van der Waals surface area contributed by atoms with Gasteiger partial charge in [-0.3, -0.25) is 14.4 Å². The van der Waals surface area contributed by atoms with Crippen LogP contribution in [0.4, 0.5) is 0 Å². The Balaban J connectivity index is 1.68. The van der Waals surface area contributed by atoms with Gasteiger partial charge in [0.1, 0.15) is 5.69 Å². The molecule has 0 aliphatic carbocycles. The Morgan fingerprint density at radius 1 is 1.08 bits per heavy atom. The first-order valence-electron chi connectivity index (χ1n) is 18.2. The van der Waals surface area contributed by atoms with Crippen LogP contribution in [0.3, 0.4) is 0 Å². The molecule has 0 spiro atoms. The predicted molar refractivity (Wildman–Crippen MR) is 197 cm³/mol. The van der Waals surface area contributed by atoms with E-state index in [1.807, 2.05) is 43.1 Å². The summed E-state index contributed by atoms with van der Waals surface area (Å²) < 4.78 is 0. The van der Waals surface area contributed by atoms with Crippen LogP contribution in [0.25, 0.3) is 0 Å². The van der Waals surface area contributed by atoms with Gasteiger partial charge < -0.3 is 20.2 Å². The van der Waals surface area contributed by atoms with E-state index in [4.69, 9.17) is 4.98 Å². The molecule has 48 heavy (non-hydrogen) atoms. The Hall–Kier alpha value is -2.78. The normalized spacial score (nSPS) is 19.2. The number of carboxylic acids is 1. The highest BCUT2D eigenvalue weighted by Gasteiger charge is 2.34. The number of carbonyl (C=O) groups is 3. The van der Waals surface area contributed by atoms with Crippen molar-refractivity contribution in [3.63, 3.8) is 0 Å². The highest BCUT2D eigenvalue weighted by atomic mass is 32.1. The Bertz CT molecular complexity index is 1310. The third-order valence-corrected chi connectivity index (χ3v) is 11.8. The third kappa shape index (κ3) is 11.4. The predicted octanol–water partition coefficient (Wildman–Crippen LogP) is 7.81. The molecule has 0 saturated carbocycles. The van der Waals surface area contributed by atoms with E-state index in [0.717, 1.165) is 48.4 Å². The molecule has 0 bridgehead atoms. The average molecular weight is 683 g/mol. The maximum absolute atomic E-state index is 14.1. The lowest BCUT2D eigenvalue weighted by molar-refractivity contribution is -0.141. The number of likely N-dealkylation sites (tertiary alicyclic amines) is 1. The molecule has 2 N–H and O–H groups in total. The number of nitrogens with zero attached hydrogens (tertiary/aromatic N) is 3. The van der Waals surface area contributed by atoms with E-state index >= 15 is 0 Å². The minimum absolute atomic E-state index is 0.0127. The van der Waals surface area contributed by atoms with E-state index in [-0.39, 0.29) is 41.7 Å². The summed E-state index contributed by atoms with van der Waals surface area (Å²) in [5.74, 6) is -0.829. The second-order valence-electron chi connectivity index (χ2n) is 15.0. The van der Waals surface area contributed by atoms with Crippen LogP contribution in [-0.4, -0.2) is 76.4 Å². The molecular formula is C39H62N4O4S. The minimum Gasteiger partial charge on any atom is -0.481 e. The number of amides is 2. The molecule has 1 aromatic heterocycles. The second-order valence-corrected chi connectivity index (χ2v) is 15.9. The molecule has 9 heteroatoms. The fraction of sp³-hybridized carbons (Fsp3) is 0.692. The van der Waals surface area contributed by atoms with Crippen molar-refractivity contribution in [2.24, 2.45) is 23.7 Å². The van der Waals surface area contributed by atoms with Gasteiger partial charge in [-0.1, -0.05) is 84.2 Å². The van der Waals surface area contributed by atoms with Crippen LogP contribution in [0.2, 0.25) is 0 Å². The number of rotatable bonds is 18. The Morgan fingerprint density at radius 3 is 2.38 bits per heavy atom. The molecule has 1 fully saturated rings. The number of aliphatic carboxylic acids is 1. The quantitative estimate of drug-likeness (QED) is 0.166. The van der Waals surface area contributed by atoms with E-state index in [1.165, 1.54) is 30.6 Å². The van der Waals surface area contributed by atoms with Crippen LogP contribution in [0.5, 0.6) is 0 Å². The monoisotopic (exact) mass is 682 g/mol. The molecule has 0 radical (unpaired) electrons. The molecule has 1 aliphatic heterocycles. The summed E-state index contributed by atoms with van der Waals surface area (Å²) in [6.07, 6.45) is 8.38. The van der Waals surface area contributed by atoms with Gasteiger partial charge in [0.15, 0.2) is 0 Å². The highest BCUT2D eigenvalue weighted by molar-refractivity contribution is 7.09. The van der Waals surface area contributed by atoms with E-state index in [0.29, 0.717) is 30.5 Å². The summed E-state index contributed by atoms with van der Waals surface area (Å²) >= 11 is 1.48. The molecule has 0 unspecified atom stereocenters. The number of carbonyl (C=O) groups excluding carboxylic acids is 2. The minimum atomic E-state index is -0.877. The fourth-order valence-corrected chi connectivity index (χ4v) is 8.06. The number of thiazole rings is 1. The number of hydrogen-bond acceptors (Lipinski definition) is 6. The molecule has 1 saturated heterocycles. The lowest BCUT2D eigenvalue weighted by Gasteiger charge is -2.38. The van der Waals surface area contributed by atoms with Crippen LogP contribution in [0.15, 0.2) is 29.6 Å². The van der Waals surface area contributed by atoms with Crippen LogP contribution >= 0.6 is 11.3 Å². The summed E-state index contributed by atoms with van der Waals surface area (Å²) in [5.41, 5.74) is 2.55. The van der Waals surface area contributed by atoms with E-state index in [2.05, 4.69) is 51.9 Å². The van der Waals surface area contributed by atoms with Gasteiger partial charge in [-0.15, -0.1) is 11.3 Å². The van der Waals surface area contributed by atoms with E-state index in [9.17, 15) is 19.5 Å². The smallest absolute Gasteiger partial charge is 0.306 e. The number of hydrogen-bond donors (Lipinski definition) is 2. The first-order chi connectivity index (χ1) is 22.7. The molecule has 1 aliphatic rings. The first kappa shape index (κ1) is 39.7. The fourth-order valence-electron chi connectivity index (χ4n) is 7.19. The molecule has 8 nitrogen and oxygen atoms in total. The molecule has 7 atom stereocenters. The zero-order chi connectivity index (χ0) is 35.5. The topological polar surface area (TPSA) is 103 Å². The van der Waals surface area contributed by atoms with Crippen molar-refractivity contribution in [2.45, 2.75) is 130 Å². The summed E-state index contributed by atoms with van der Waals surface area (Å²) in [7, 11) is 4.21. The summed E-state index contributed by atoms with van der Waals surface area (Å²) in [5, 5.41) is 15.3. The number of piperidine rings is 1. The Kier molecular flexibility index (Phi) is 15.6. The SMILES string of the molecule is CC[C@H](C)[C@H](CC[C@H]1CCCCN1C)C(=O)N(C)[C@H](C[C@@H](C)c1nc(C(=O)N[C@@H](Cc2ccc(C)cc2)C[C@H](C)C(=O)O)cs1)C(C)C. The van der Waals surface area contributed by atoms with Gasteiger partial charge in [0.05, 0.1) is 10.9 Å². The van der Waals surface area contributed by atoms with Crippen molar-refractivity contribution in [1.82, 2.24) is 20.1 Å². The van der Waals surface area contributed by atoms with Gasteiger partial charge in [0.2, 0.25) is 5.91 Å². The maximum atomic E-state index is 14.1. The largest absolute Gasteiger partial charge is 0.481 e. The maximum Gasteiger partial charge on any atom is 0.306 e. The molecule has 1 aromatic carbocycles. The zero-order valence-electron chi connectivity index (χ0n) is 31.0. The number of aryl methyl sites for hydroxylation is 1. The van der Waals surface area contributed by atoms with Crippen molar-refractivity contribution in [3.05, 3.63) is 51.5 Å². The molecule has 2 amide bonds. The second kappa shape index (κ2) is 18.8. The number of carboxylic acid groups (broad SMARTS) is 1. The van der Waals surface area contributed by atoms with Gasteiger partial charge in [-0.25, -0.2) is 4.98 Å². The van der Waals surface area contributed by atoms with Crippen molar-refractivity contribution in [3.8, 4) is 0 Å². The molecule has 2 aromatic rings. The van der Waals surface area contributed by atoms with Crippen LogP contribution in [0, 0.1) is 30.6 Å². The van der Waals surface area contributed by atoms with Gasteiger partial charge in [-0.2, -0.15) is 0 Å². The van der Waals surface area contributed by atoms with Crippen LogP contribution in [-0.2, 0) is 16.0 Å². The average Bonchev–Trinajstić information content (AvgIpc) is 3.55. The van der Waals surface area contributed by atoms with Crippen molar-refractivity contribution < 1.29 is 19.5 Å². The van der Waals surface area contributed by atoms with Crippen molar-refractivity contribution in [2.75, 3.05) is 20.6 Å². The number of benzene rings is 1. The molecule has 2 heterocycles. The van der Waals surface area contributed by atoms with E-state index in [1.54, 1.807) is 12.3 Å². The van der Waals surface area contributed by atoms with Gasteiger partial charge in [0.25, 0.3) is 5.91 Å². The summed E-state index contributed by atoms with van der Waals surface area (Å²) in [4.78, 5) is 48.4. The number of nitrogens with one attached hydrogen (secondary N) is 1. The van der Waals surface area contributed by atoms with E-state index < -0.39 is 11.9 Å². The Labute approximate surface area is 294 Å². The summed E-state index contributed by atoms with van der Waals surface area (Å²) in [6, 6.07) is 8.38. The van der Waals surface area contributed by atoms with Crippen molar-refractivity contribution in [1.29, 1.82) is 0 Å². The molecule has 3 rings (SSSR count).